The van der Waals surface area contributed by atoms with Gasteiger partial charge in [0.1, 0.15) is 0 Å². The van der Waals surface area contributed by atoms with E-state index in [1.54, 1.807) is 0 Å². The van der Waals surface area contributed by atoms with Crippen LogP contribution in [0, 0.1) is 6.92 Å². The van der Waals surface area contributed by atoms with Crippen LogP contribution in [0.4, 0.5) is 0 Å². The van der Waals surface area contributed by atoms with Gasteiger partial charge in [-0.25, -0.2) is 0 Å². The molecule has 1 fully saturated rings. The average Bonchev–Trinajstić information content (AvgIpc) is 2.74. The van der Waals surface area contributed by atoms with E-state index in [9.17, 15) is 0 Å². The SMILES string of the molecule is Cc1cccc(CN2CCCNC(c3ccccc3)C2)n1. The number of rotatable bonds is 3. The Bertz CT molecular complexity index is 568. The van der Waals surface area contributed by atoms with Gasteiger partial charge >= 0.3 is 0 Å². The van der Waals surface area contributed by atoms with Crippen molar-refractivity contribution in [3.63, 3.8) is 0 Å². The van der Waals surface area contributed by atoms with E-state index in [1.165, 1.54) is 17.7 Å². The maximum absolute atomic E-state index is 4.63. The van der Waals surface area contributed by atoms with Crippen molar-refractivity contribution in [3.8, 4) is 0 Å². The van der Waals surface area contributed by atoms with Gasteiger partial charge in [0, 0.05) is 24.8 Å². The molecule has 0 radical (unpaired) electrons. The van der Waals surface area contributed by atoms with Crippen LogP contribution in [0.25, 0.3) is 0 Å². The molecule has 0 spiro atoms. The monoisotopic (exact) mass is 281 g/mol. The second-order valence-corrected chi connectivity index (χ2v) is 5.78. The van der Waals surface area contributed by atoms with E-state index in [0.29, 0.717) is 6.04 Å². The molecule has 1 aliphatic heterocycles. The molecule has 1 atom stereocenters. The zero-order chi connectivity index (χ0) is 14.5. The third-order valence-electron chi connectivity index (χ3n) is 4.02. The molecule has 1 aromatic heterocycles. The summed E-state index contributed by atoms with van der Waals surface area (Å²) < 4.78 is 0. The summed E-state index contributed by atoms with van der Waals surface area (Å²) in [6.45, 7) is 6.25. The molecule has 1 aliphatic rings. The molecule has 1 aromatic carbocycles. The molecule has 2 aromatic rings. The molecule has 0 aliphatic carbocycles. The van der Waals surface area contributed by atoms with E-state index in [2.05, 4.69) is 70.7 Å². The summed E-state index contributed by atoms with van der Waals surface area (Å²) in [5.74, 6) is 0. The molecule has 3 nitrogen and oxygen atoms in total. The van der Waals surface area contributed by atoms with Gasteiger partial charge in [-0.3, -0.25) is 9.88 Å². The van der Waals surface area contributed by atoms with Crippen LogP contribution in [-0.2, 0) is 6.54 Å². The highest BCUT2D eigenvalue weighted by molar-refractivity contribution is 5.19. The van der Waals surface area contributed by atoms with Crippen molar-refractivity contribution >= 4 is 0 Å². The van der Waals surface area contributed by atoms with Crippen molar-refractivity contribution in [2.24, 2.45) is 0 Å². The minimum Gasteiger partial charge on any atom is -0.309 e. The first-order valence-electron chi connectivity index (χ1n) is 7.74. The van der Waals surface area contributed by atoms with E-state index in [0.717, 1.165) is 31.9 Å². The van der Waals surface area contributed by atoms with Gasteiger partial charge in [-0.05, 0) is 44.1 Å². The van der Waals surface area contributed by atoms with Crippen LogP contribution in [0.2, 0.25) is 0 Å². The van der Waals surface area contributed by atoms with E-state index < -0.39 is 0 Å². The molecule has 21 heavy (non-hydrogen) atoms. The van der Waals surface area contributed by atoms with Gasteiger partial charge in [-0.15, -0.1) is 0 Å². The lowest BCUT2D eigenvalue weighted by Crippen LogP contribution is -2.31. The van der Waals surface area contributed by atoms with Crippen LogP contribution >= 0.6 is 0 Å². The average molecular weight is 281 g/mol. The number of pyridine rings is 1. The fourth-order valence-corrected chi connectivity index (χ4v) is 2.96. The Morgan fingerprint density at radius 1 is 1.14 bits per heavy atom. The second kappa shape index (κ2) is 6.83. The van der Waals surface area contributed by atoms with Gasteiger partial charge in [0.2, 0.25) is 0 Å². The molecule has 0 bridgehead atoms. The molecule has 1 saturated heterocycles. The highest BCUT2D eigenvalue weighted by Crippen LogP contribution is 2.18. The second-order valence-electron chi connectivity index (χ2n) is 5.78. The van der Waals surface area contributed by atoms with Gasteiger partial charge in [-0.1, -0.05) is 36.4 Å². The van der Waals surface area contributed by atoms with Crippen molar-refractivity contribution in [3.05, 3.63) is 65.5 Å². The van der Waals surface area contributed by atoms with Gasteiger partial charge in [0.05, 0.1) is 5.69 Å². The smallest absolute Gasteiger partial charge is 0.0547 e. The summed E-state index contributed by atoms with van der Waals surface area (Å²) in [6, 6.07) is 17.4. The lowest BCUT2D eigenvalue weighted by atomic mass is 10.1. The predicted octanol–water partition coefficient (Wildman–Crippen LogP) is 2.93. The van der Waals surface area contributed by atoms with Crippen molar-refractivity contribution in [1.82, 2.24) is 15.2 Å². The van der Waals surface area contributed by atoms with Crippen molar-refractivity contribution in [2.75, 3.05) is 19.6 Å². The first-order valence-corrected chi connectivity index (χ1v) is 7.74. The Morgan fingerprint density at radius 2 is 2.00 bits per heavy atom. The Balaban J connectivity index is 1.70. The highest BCUT2D eigenvalue weighted by Gasteiger charge is 2.19. The molecule has 1 N–H and O–H groups in total. The van der Waals surface area contributed by atoms with E-state index in [4.69, 9.17) is 0 Å². The van der Waals surface area contributed by atoms with Gasteiger partial charge in [0.15, 0.2) is 0 Å². The molecular weight excluding hydrogens is 258 g/mol. The number of nitrogens with one attached hydrogen (secondary N) is 1. The van der Waals surface area contributed by atoms with Crippen LogP contribution in [-0.4, -0.2) is 29.5 Å². The maximum Gasteiger partial charge on any atom is 0.0547 e. The Morgan fingerprint density at radius 3 is 2.81 bits per heavy atom. The van der Waals surface area contributed by atoms with Gasteiger partial charge < -0.3 is 5.32 Å². The lowest BCUT2D eigenvalue weighted by Gasteiger charge is -2.24. The Kier molecular flexibility index (Phi) is 4.63. The topological polar surface area (TPSA) is 28.2 Å². The summed E-state index contributed by atoms with van der Waals surface area (Å²) in [4.78, 5) is 7.15. The molecule has 0 amide bonds. The number of aryl methyl sites for hydroxylation is 1. The number of aromatic nitrogens is 1. The van der Waals surface area contributed by atoms with Crippen LogP contribution in [0.5, 0.6) is 0 Å². The van der Waals surface area contributed by atoms with Crippen LogP contribution < -0.4 is 5.32 Å². The van der Waals surface area contributed by atoms with Crippen LogP contribution in [0.1, 0.15) is 29.4 Å². The van der Waals surface area contributed by atoms with Crippen molar-refractivity contribution in [2.45, 2.75) is 25.9 Å². The first kappa shape index (κ1) is 14.2. The van der Waals surface area contributed by atoms with Gasteiger partial charge in [0.25, 0.3) is 0 Å². The third-order valence-corrected chi connectivity index (χ3v) is 4.02. The highest BCUT2D eigenvalue weighted by atomic mass is 15.2. The quantitative estimate of drug-likeness (QED) is 0.937. The summed E-state index contributed by atoms with van der Waals surface area (Å²) in [6.07, 6.45) is 1.19. The third kappa shape index (κ3) is 3.90. The largest absolute Gasteiger partial charge is 0.309 e. The van der Waals surface area contributed by atoms with Crippen LogP contribution in [0.15, 0.2) is 48.5 Å². The minimum atomic E-state index is 0.415. The standard InChI is InChI=1S/C18H23N3/c1-15-7-5-10-17(20-15)13-21-12-6-11-19-18(14-21)16-8-3-2-4-9-16/h2-5,7-10,18-19H,6,11-14H2,1H3. The summed E-state index contributed by atoms with van der Waals surface area (Å²) in [5.41, 5.74) is 3.64. The number of hydrogen-bond acceptors (Lipinski definition) is 3. The molecule has 3 heteroatoms. The Labute approximate surface area is 127 Å². The minimum absolute atomic E-state index is 0.415. The Hall–Kier alpha value is -1.71. The molecule has 1 unspecified atom stereocenters. The maximum atomic E-state index is 4.63. The number of benzene rings is 1. The fourth-order valence-electron chi connectivity index (χ4n) is 2.96. The molecule has 110 valence electrons. The van der Waals surface area contributed by atoms with Crippen LogP contribution in [0.3, 0.4) is 0 Å². The molecule has 2 heterocycles. The zero-order valence-electron chi connectivity index (χ0n) is 12.6. The van der Waals surface area contributed by atoms with E-state index in [-0.39, 0.29) is 0 Å². The normalized spacial score (nSPS) is 20.1. The number of hydrogen-bond donors (Lipinski definition) is 1. The lowest BCUT2D eigenvalue weighted by molar-refractivity contribution is 0.257. The van der Waals surface area contributed by atoms with E-state index in [1.807, 2.05) is 0 Å². The summed E-state index contributed by atoms with van der Waals surface area (Å²) >= 11 is 0. The van der Waals surface area contributed by atoms with Gasteiger partial charge in [-0.2, -0.15) is 0 Å². The molecule has 3 rings (SSSR count). The first-order chi connectivity index (χ1) is 10.3. The zero-order valence-corrected chi connectivity index (χ0v) is 12.6. The molecule has 0 saturated carbocycles. The van der Waals surface area contributed by atoms with Crippen molar-refractivity contribution in [1.29, 1.82) is 0 Å². The number of nitrogens with zero attached hydrogens (tertiary/aromatic N) is 2. The fraction of sp³-hybridized carbons (Fsp3) is 0.389. The van der Waals surface area contributed by atoms with E-state index >= 15 is 0 Å². The summed E-state index contributed by atoms with van der Waals surface area (Å²) in [5, 5.41) is 3.66. The predicted molar refractivity (Wildman–Crippen MR) is 86.1 cm³/mol. The molecular formula is C18H23N3. The summed E-state index contributed by atoms with van der Waals surface area (Å²) in [7, 11) is 0. The van der Waals surface area contributed by atoms with Crippen molar-refractivity contribution < 1.29 is 0 Å².